The van der Waals surface area contributed by atoms with Gasteiger partial charge in [0.1, 0.15) is 0 Å². The lowest BCUT2D eigenvalue weighted by atomic mass is 10.3. The summed E-state index contributed by atoms with van der Waals surface area (Å²) in [5.74, 6) is 0.640. The van der Waals surface area contributed by atoms with E-state index in [4.69, 9.17) is 4.74 Å². The summed E-state index contributed by atoms with van der Waals surface area (Å²) in [6.07, 6.45) is 3.47. The molecule has 0 aromatic carbocycles. The van der Waals surface area contributed by atoms with Gasteiger partial charge in [-0.1, -0.05) is 6.07 Å². The van der Waals surface area contributed by atoms with Crippen LogP contribution in [-0.4, -0.2) is 22.1 Å². The number of hydrogen-bond donors (Lipinski definition) is 2. The minimum atomic E-state index is 0. The van der Waals surface area contributed by atoms with E-state index in [0.29, 0.717) is 12.4 Å². The molecule has 5 nitrogen and oxygen atoms in total. The quantitative estimate of drug-likeness (QED) is 0.849. The average molecular weight is 255 g/mol. The number of hydrogen-bond acceptors (Lipinski definition) is 4. The first-order valence-corrected chi connectivity index (χ1v) is 5.06. The summed E-state index contributed by atoms with van der Waals surface area (Å²) < 4.78 is 5.05. The van der Waals surface area contributed by atoms with Crippen LogP contribution in [0.25, 0.3) is 0 Å². The molecule has 0 aliphatic heterocycles. The third-order valence-corrected chi connectivity index (χ3v) is 2.17. The van der Waals surface area contributed by atoms with Gasteiger partial charge in [0.2, 0.25) is 5.88 Å². The predicted octanol–water partition coefficient (Wildman–Crippen LogP) is 1.52. The van der Waals surface area contributed by atoms with Gasteiger partial charge < -0.3 is 15.0 Å². The largest absolute Gasteiger partial charge is 0.481 e. The molecular weight excluding hydrogens is 240 g/mol. The fourth-order valence-corrected chi connectivity index (χ4v) is 1.38. The fourth-order valence-electron chi connectivity index (χ4n) is 1.38. The smallest absolute Gasteiger partial charge is 0.213 e. The molecule has 0 amide bonds. The highest BCUT2D eigenvalue weighted by molar-refractivity contribution is 5.85. The van der Waals surface area contributed by atoms with Crippen LogP contribution in [0.2, 0.25) is 0 Å². The van der Waals surface area contributed by atoms with E-state index in [-0.39, 0.29) is 12.4 Å². The Morgan fingerprint density at radius 3 is 2.94 bits per heavy atom. The van der Waals surface area contributed by atoms with Gasteiger partial charge in [-0.15, -0.1) is 12.4 Å². The maximum Gasteiger partial charge on any atom is 0.213 e. The fraction of sp³-hybridized carbons (Fsp3) is 0.273. The average Bonchev–Trinajstić information content (AvgIpc) is 2.82. The second-order valence-electron chi connectivity index (χ2n) is 3.35. The molecule has 92 valence electrons. The standard InChI is InChI=1S/C11H14N4O.ClH/c1-16-11-4-2-3-9(15-11)5-12-6-10-7-13-8-14-10;/h2-4,7-8,12H,5-6H2,1H3,(H,13,14);1H. The molecule has 0 atom stereocenters. The minimum absolute atomic E-state index is 0. The number of imidazole rings is 1. The Balaban J connectivity index is 0.00000144. The number of ether oxygens (including phenoxy) is 1. The van der Waals surface area contributed by atoms with Crippen LogP contribution in [0, 0.1) is 0 Å². The van der Waals surface area contributed by atoms with E-state index in [9.17, 15) is 0 Å². The van der Waals surface area contributed by atoms with Gasteiger partial charge in [0.05, 0.1) is 19.1 Å². The molecular formula is C11H15ClN4O. The number of nitrogens with zero attached hydrogens (tertiary/aromatic N) is 2. The van der Waals surface area contributed by atoms with Crippen LogP contribution in [0.3, 0.4) is 0 Å². The molecule has 0 unspecified atom stereocenters. The molecule has 0 aliphatic carbocycles. The summed E-state index contributed by atoms with van der Waals surface area (Å²) in [5.41, 5.74) is 2.02. The van der Waals surface area contributed by atoms with E-state index >= 15 is 0 Å². The maximum atomic E-state index is 5.05. The summed E-state index contributed by atoms with van der Waals surface area (Å²) in [6.45, 7) is 1.45. The van der Waals surface area contributed by atoms with E-state index in [1.807, 2.05) is 18.2 Å². The van der Waals surface area contributed by atoms with Crippen molar-refractivity contribution in [1.29, 1.82) is 0 Å². The topological polar surface area (TPSA) is 62.8 Å². The Morgan fingerprint density at radius 1 is 1.35 bits per heavy atom. The summed E-state index contributed by atoms with van der Waals surface area (Å²) >= 11 is 0. The van der Waals surface area contributed by atoms with E-state index in [2.05, 4.69) is 20.3 Å². The molecule has 0 bridgehead atoms. The van der Waals surface area contributed by atoms with E-state index < -0.39 is 0 Å². The lowest BCUT2D eigenvalue weighted by Crippen LogP contribution is -2.13. The second kappa shape index (κ2) is 6.88. The van der Waals surface area contributed by atoms with Crippen molar-refractivity contribution >= 4 is 12.4 Å². The van der Waals surface area contributed by atoms with Crippen molar-refractivity contribution in [3.63, 3.8) is 0 Å². The zero-order valence-corrected chi connectivity index (χ0v) is 10.3. The number of methoxy groups -OCH3 is 1. The number of pyridine rings is 1. The Kier molecular flexibility index (Phi) is 5.45. The molecule has 0 saturated carbocycles. The third-order valence-electron chi connectivity index (χ3n) is 2.17. The molecule has 0 fully saturated rings. The van der Waals surface area contributed by atoms with Crippen LogP contribution in [-0.2, 0) is 13.1 Å². The summed E-state index contributed by atoms with van der Waals surface area (Å²) in [7, 11) is 1.62. The number of aromatic nitrogens is 3. The van der Waals surface area contributed by atoms with E-state index in [0.717, 1.165) is 17.9 Å². The highest BCUT2D eigenvalue weighted by Crippen LogP contribution is 2.06. The Bertz CT molecular complexity index is 433. The molecule has 0 spiro atoms. The van der Waals surface area contributed by atoms with Crippen LogP contribution in [0.15, 0.2) is 30.7 Å². The lowest BCUT2D eigenvalue weighted by molar-refractivity contribution is 0.395. The first-order valence-electron chi connectivity index (χ1n) is 5.06. The highest BCUT2D eigenvalue weighted by Gasteiger charge is 1.98. The van der Waals surface area contributed by atoms with Crippen LogP contribution in [0.5, 0.6) is 5.88 Å². The summed E-state index contributed by atoms with van der Waals surface area (Å²) in [5, 5.41) is 3.27. The van der Waals surface area contributed by atoms with Gasteiger partial charge in [-0.2, -0.15) is 0 Å². The molecule has 2 heterocycles. The molecule has 6 heteroatoms. The number of aromatic amines is 1. The monoisotopic (exact) mass is 254 g/mol. The van der Waals surface area contributed by atoms with Gasteiger partial charge in [-0.3, -0.25) is 0 Å². The molecule has 2 aromatic heterocycles. The second-order valence-corrected chi connectivity index (χ2v) is 3.35. The van der Waals surface area contributed by atoms with Gasteiger partial charge in [0, 0.05) is 31.0 Å². The first-order chi connectivity index (χ1) is 7.88. The van der Waals surface area contributed by atoms with E-state index in [1.54, 1.807) is 19.6 Å². The molecule has 2 aromatic rings. The van der Waals surface area contributed by atoms with Gasteiger partial charge in [-0.05, 0) is 6.07 Å². The maximum absolute atomic E-state index is 5.05. The molecule has 0 radical (unpaired) electrons. The summed E-state index contributed by atoms with van der Waals surface area (Å²) in [6, 6.07) is 5.72. The summed E-state index contributed by atoms with van der Waals surface area (Å²) in [4.78, 5) is 11.3. The number of nitrogens with one attached hydrogen (secondary N) is 2. The number of halogens is 1. The van der Waals surface area contributed by atoms with Crippen LogP contribution in [0.4, 0.5) is 0 Å². The van der Waals surface area contributed by atoms with Crippen LogP contribution >= 0.6 is 12.4 Å². The van der Waals surface area contributed by atoms with Crippen molar-refractivity contribution in [3.8, 4) is 5.88 Å². The number of H-pyrrole nitrogens is 1. The molecule has 0 saturated heterocycles. The highest BCUT2D eigenvalue weighted by atomic mass is 35.5. The molecule has 2 N–H and O–H groups in total. The van der Waals surface area contributed by atoms with Crippen molar-refractivity contribution in [2.75, 3.05) is 7.11 Å². The first kappa shape index (κ1) is 13.5. The van der Waals surface area contributed by atoms with Gasteiger partial charge in [-0.25, -0.2) is 9.97 Å². The molecule has 2 rings (SSSR count). The predicted molar refractivity (Wildman–Crippen MR) is 67.2 cm³/mol. The van der Waals surface area contributed by atoms with Crippen molar-refractivity contribution in [1.82, 2.24) is 20.3 Å². The Hall–Kier alpha value is -1.59. The van der Waals surface area contributed by atoms with Crippen molar-refractivity contribution in [3.05, 3.63) is 42.1 Å². The minimum Gasteiger partial charge on any atom is -0.481 e. The zero-order valence-electron chi connectivity index (χ0n) is 9.51. The third kappa shape index (κ3) is 4.05. The van der Waals surface area contributed by atoms with E-state index in [1.165, 1.54) is 0 Å². The SMILES string of the molecule is COc1cccc(CNCc2cnc[nH]2)n1.Cl. The van der Waals surface area contributed by atoms with Crippen molar-refractivity contribution < 1.29 is 4.74 Å². The van der Waals surface area contributed by atoms with Crippen LogP contribution < -0.4 is 10.1 Å². The van der Waals surface area contributed by atoms with Gasteiger partial charge in [0.15, 0.2) is 0 Å². The van der Waals surface area contributed by atoms with Crippen LogP contribution in [0.1, 0.15) is 11.4 Å². The normalized spacial score (nSPS) is 9.71. The molecule has 0 aliphatic rings. The van der Waals surface area contributed by atoms with Gasteiger partial charge in [0.25, 0.3) is 0 Å². The zero-order chi connectivity index (χ0) is 11.2. The number of rotatable bonds is 5. The van der Waals surface area contributed by atoms with Crippen molar-refractivity contribution in [2.45, 2.75) is 13.1 Å². The van der Waals surface area contributed by atoms with Crippen molar-refractivity contribution in [2.24, 2.45) is 0 Å². The lowest BCUT2D eigenvalue weighted by Gasteiger charge is -2.04. The Morgan fingerprint density at radius 2 is 2.24 bits per heavy atom. The molecule has 17 heavy (non-hydrogen) atoms. The van der Waals surface area contributed by atoms with Gasteiger partial charge >= 0.3 is 0 Å². The Labute approximate surface area is 106 Å².